The number of hydrogen-bond donors (Lipinski definition) is 1. The van der Waals surface area contributed by atoms with Gasteiger partial charge in [-0.05, 0) is 99.5 Å². The predicted octanol–water partition coefficient (Wildman–Crippen LogP) is 6.89. The fourth-order valence-corrected chi connectivity index (χ4v) is 5.25. The molecule has 0 amide bonds. The Morgan fingerprint density at radius 3 is 1.94 bits per heavy atom. The Bertz CT molecular complexity index is 1060. The number of carbonyl (C=O) groups is 2. The number of anilines is 1. The van der Waals surface area contributed by atoms with Gasteiger partial charge < -0.3 is 10.2 Å². The first-order valence-electron chi connectivity index (χ1n) is 13.5. The van der Waals surface area contributed by atoms with Gasteiger partial charge in [0, 0.05) is 42.7 Å². The third-order valence-corrected chi connectivity index (χ3v) is 7.90. The standard InChI is InChI=1S/C16H22N2O.C16H22O/c1-4-12-11-14(5-6-15(12)18(2)3)16(19)13-7-9-17-10-8-13;1-11-4-7-14(8-5-11)16(17)15-9-6-12(2)13(3)10-15/h4-6,11,13,17H,1,7-10H2,2-3H3;6,9-11,14H,4-5,7-8H2,1-3H3. The van der Waals surface area contributed by atoms with Crippen LogP contribution >= 0.6 is 0 Å². The fraction of sp³-hybridized carbons (Fsp3) is 0.500. The first-order chi connectivity index (χ1) is 17.2. The highest BCUT2D eigenvalue weighted by molar-refractivity contribution is 5.99. The number of rotatable bonds is 6. The maximum atomic E-state index is 12.5. The lowest BCUT2D eigenvalue weighted by Crippen LogP contribution is -2.31. The molecule has 1 saturated heterocycles. The first kappa shape index (κ1) is 27.9. The van der Waals surface area contributed by atoms with Crippen molar-refractivity contribution in [3.05, 3.63) is 70.8 Å². The SMILES string of the molecule is C=Cc1cc(C(=O)C2CCNCC2)ccc1N(C)C.Cc1ccc(C(=O)C2CCC(C)CC2)cc1C. The molecule has 1 saturated carbocycles. The minimum absolute atomic E-state index is 0.170. The molecule has 0 atom stereocenters. The Morgan fingerprint density at radius 1 is 0.833 bits per heavy atom. The van der Waals surface area contributed by atoms with Crippen molar-refractivity contribution >= 4 is 23.3 Å². The molecule has 4 rings (SSSR count). The van der Waals surface area contributed by atoms with E-state index < -0.39 is 0 Å². The van der Waals surface area contributed by atoms with Gasteiger partial charge in [-0.3, -0.25) is 9.59 Å². The third-order valence-electron chi connectivity index (χ3n) is 7.90. The predicted molar refractivity (Wildman–Crippen MR) is 152 cm³/mol. The molecule has 4 nitrogen and oxygen atoms in total. The molecule has 0 radical (unpaired) electrons. The summed E-state index contributed by atoms with van der Waals surface area (Å²) in [6.07, 6.45) is 8.27. The van der Waals surface area contributed by atoms with Gasteiger partial charge in [0.25, 0.3) is 0 Å². The van der Waals surface area contributed by atoms with Gasteiger partial charge in [0.05, 0.1) is 0 Å². The maximum absolute atomic E-state index is 12.5. The van der Waals surface area contributed by atoms with E-state index in [9.17, 15) is 9.59 Å². The van der Waals surface area contributed by atoms with Crippen LogP contribution < -0.4 is 10.2 Å². The van der Waals surface area contributed by atoms with Crippen molar-refractivity contribution in [1.29, 1.82) is 0 Å². The van der Waals surface area contributed by atoms with E-state index in [2.05, 4.69) is 44.8 Å². The average Bonchev–Trinajstić information content (AvgIpc) is 2.90. The van der Waals surface area contributed by atoms with E-state index >= 15 is 0 Å². The molecule has 2 aromatic rings. The van der Waals surface area contributed by atoms with E-state index in [0.717, 1.165) is 67.1 Å². The highest BCUT2D eigenvalue weighted by Gasteiger charge is 2.25. The van der Waals surface area contributed by atoms with Crippen LogP contribution in [0.25, 0.3) is 6.08 Å². The van der Waals surface area contributed by atoms with E-state index in [0.29, 0.717) is 5.78 Å². The summed E-state index contributed by atoms with van der Waals surface area (Å²) in [5.41, 5.74) is 6.32. The molecule has 36 heavy (non-hydrogen) atoms. The average molecular weight is 489 g/mol. The van der Waals surface area contributed by atoms with Crippen molar-refractivity contribution in [2.24, 2.45) is 17.8 Å². The summed E-state index contributed by atoms with van der Waals surface area (Å²) in [6.45, 7) is 12.2. The lowest BCUT2D eigenvalue weighted by Gasteiger charge is -2.25. The van der Waals surface area contributed by atoms with Gasteiger partial charge in [-0.1, -0.05) is 44.6 Å². The van der Waals surface area contributed by atoms with Crippen LogP contribution in [-0.4, -0.2) is 38.8 Å². The third kappa shape index (κ3) is 7.16. The van der Waals surface area contributed by atoms with E-state index in [4.69, 9.17) is 0 Å². The fourth-order valence-electron chi connectivity index (χ4n) is 5.25. The zero-order chi connectivity index (χ0) is 26.2. The van der Waals surface area contributed by atoms with Crippen molar-refractivity contribution in [2.45, 2.75) is 59.3 Å². The summed E-state index contributed by atoms with van der Waals surface area (Å²) in [4.78, 5) is 26.9. The van der Waals surface area contributed by atoms with Gasteiger partial charge in [-0.25, -0.2) is 0 Å². The number of aryl methyl sites for hydroxylation is 2. The summed E-state index contributed by atoms with van der Waals surface area (Å²) in [5.74, 6) is 1.88. The van der Waals surface area contributed by atoms with Crippen molar-refractivity contribution in [2.75, 3.05) is 32.1 Å². The number of nitrogens with one attached hydrogen (secondary N) is 1. The van der Waals surface area contributed by atoms with Crippen LogP contribution in [0, 0.1) is 31.6 Å². The largest absolute Gasteiger partial charge is 0.377 e. The number of Topliss-reactive ketones (excluding diaryl/α,β-unsaturated/α-hetero) is 2. The normalized spacial score (nSPS) is 20.1. The quantitative estimate of drug-likeness (QED) is 0.450. The molecule has 0 unspecified atom stereocenters. The molecular formula is C32H44N2O2. The molecule has 0 spiro atoms. The molecule has 194 valence electrons. The second-order valence-corrected chi connectivity index (χ2v) is 10.9. The zero-order valence-corrected chi connectivity index (χ0v) is 22.9. The Balaban J connectivity index is 0.000000202. The van der Waals surface area contributed by atoms with Crippen LogP contribution in [0.1, 0.15) is 82.9 Å². The Hall–Kier alpha value is -2.72. The van der Waals surface area contributed by atoms with Crippen LogP contribution in [-0.2, 0) is 0 Å². The van der Waals surface area contributed by atoms with Gasteiger partial charge in [-0.15, -0.1) is 0 Å². The van der Waals surface area contributed by atoms with Gasteiger partial charge in [0.15, 0.2) is 11.6 Å². The summed E-state index contributed by atoms with van der Waals surface area (Å²) >= 11 is 0. The molecule has 2 aromatic carbocycles. The molecule has 1 aliphatic heterocycles. The highest BCUT2D eigenvalue weighted by atomic mass is 16.1. The number of ketones is 2. The topological polar surface area (TPSA) is 49.4 Å². The van der Waals surface area contributed by atoms with Crippen LogP contribution in [0.15, 0.2) is 43.0 Å². The molecule has 0 bridgehead atoms. The minimum atomic E-state index is 0.170. The van der Waals surface area contributed by atoms with Crippen molar-refractivity contribution in [3.8, 4) is 0 Å². The number of carbonyl (C=O) groups excluding carboxylic acids is 2. The first-order valence-corrected chi connectivity index (χ1v) is 13.5. The summed E-state index contributed by atoms with van der Waals surface area (Å²) < 4.78 is 0. The van der Waals surface area contributed by atoms with Gasteiger partial charge in [0.2, 0.25) is 0 Å². The number of hydrogen-bond acceptors (Lipinski definition) is 4. The minimum Gasteiger partial charge on any atom is -0.377 e. The van der Waals surface area contributed by atoms with Gasteiger partial charge >= 0.3 is 0 Å². The molecule has 2 fully saturated rings. The summed E-state index contributed by atoms with van der Waals surface area (Å²) in [7, 11) is 3.99. The summed E-state index contributed by atoms with van der Waals surface area (Å²) in [6, 6.07) is 12.0. The van der Waals surface area contributed by atoms with E-state index in [-0.39, 0.29) is 17.6 Å². The van der Waals surface area contributed by atoms with Crippen LogP contribution in [0.5, 0.6) is 0 Å². The van der Waals surface area contributed by atoms with E-state index in [1.54, 1.807) is 0 Å². The summed E-state index contributed by atoms with van der Waals surface area (Å²) in [5, 5.41) is 3.29. The van der Waals surface area contributed by atoms with Crippen molar-refractivity contribution < 1.29 is 9.59 Å². The lowest BCUT2D eigenvalue weighted by molar-refractivity contribution is 0.0873. The monoisotopic (exact) mass is 488 g/mol. The number of benzene rings is 2. The van der Waals surface area contributed by atoms with Crippen LogP contribution in [0.4, 0.5) is 5.69 Å². The maximum Gasteiger partial charge on any atom is 0.166 e. The molecule has 0 aromatic heterocycles. The molecule has 4 heteroatoms. The Kier molecular flexibility index (Phi) is 10.1. The van der Waals surface area contributed by atoms with Gasteiger partial charge in [0.1, 0.15) is 0 Å². The Labute approximate surface area is 218 Å². The van der Waals surface area contributed by atoms with E-state index in [1.165, 1.54) is 24.0 Å². The molecule has 1 aliphatic carbocycles. The van der Waals surface area contributed by atoms with Crippen LogP contribution in [0.2, 0.25) is 0 Å². The lowest BCUT2D eigenvalue weighted by atomic mass is 9.79. The second kappa shape index (κ2) is 13.0. The zero-order valence-electron chi connectivity index (χ0n) is 22.9. The number of piperidine rings is 1. The molecule has 1 N–H and O–H groups in total. The second-order valence-electron chi connectivity index (χ2n) is 10.9. The highest BCUT2D eigenvalue weighted by Crippen LogP contribution is 2.31. The Morgan fingerprint density at radius 2 is 1.39 bits per heavy atom. The smallest absolute Gasteiger partial charge is 0.166 e. The van der Waals surface area contributed by atoms with Crippen LogP contribution in [0.3, 0.4) is 0 Å². The van der Waals surface area contributed by atoms with Gasteiger partial charge in [-0.2, -0.15) is 0 Å². The molecule has 1 heterocycles. The molecular weight excluding hydrogens is 444 g/mol. The number of nitrogens with zero attached hydrogens (tertiary/aromatic N) is 1. The van der Waals surface area contributed by atoms with Crippen molar-refractivity contribution in [1.82, 2.24) is 5.32 Å². The van der Waals surface area contributed by atoms with E-state index in [1.807, 2.05) is 49.3 Å². The van der Waals surface area contributed by atoms with Crippen molar-refractivity contribution in [3.63, 3.8) is 0 Å². The molecule has 2 aliphatic rings.